The number of rotatable bonds is 14. The molecule has 0 radical (unpaired) electrons. The first-order chi connectivity index (χ1) is 49.0. The van der Waals surface area contributed by atoms with Crippen LogP contribution in [0.15, 0.2) is 413 Å². The van der Waals surface area contributed by atoms with E-state index in [0.29, 0.717) is 0 Å². The Labute approximate surface area is 580 Å². The predicted molar refractivity (Wildman–Crippen MR) is 425 cm³/mol. The number of hydrogen-bond acceptors (Lipinski definition) is 3. The molecule has 3 heteroatoms. The highest BCUT2D eigenvalue weighted by Crippen LogP contribution is 2.38. The fraction of sp³-hybridized carbons (Fsp3) is 0. The van der Waals surface area contributed by atoms with Gasteiger partial charge in [-0.1, -0.05) is 315 Å². The number of nitrogens with one attached hydrogen (secondary N) is 3. The highest BCUT2D eigenvalue weighted by Gasteiger charge is 2.12. The second-order valence-electron chi connectivity index (χ2n) is 24.7. The zero-order valence-corrected chi connectivity index (χ0v) is 54.8. The molecule has 470 valence electrons. The van der Waals surface area contributed by atoms with Crippen LogP contribution < -0.4 is 16.0 Å². The largest absolute Gasteiger partial charge is 0.356 e. The Hall–Kier alpha value is -13.1. The third kappa shape index (κ3) is 15.1. The molecule has 0 atom stereocenters. The topological polar surface area (TPSA) is 36.1 Å². The van der Waals surface area contributed by atoms with E-state index < -0.39 is 0 Å². The van der Waals surface area contributed by atoms with E-state index in [1.54, 1.807) is 0 Å². The second kappa shape index (κ2) is 29.7. The standard InChI is InChI=1S/C40H29N.C32H23N.C24H19N/c1-3-9-29(10-4-1)36-26-37(30-11-5-2-6-12-30)28-38(27-36)33-19-23-40(24-20-33)41-39-21-17-32(18-22-39)35-16-15-31-13-7-8-14-34(31)25-35;1-3-9-25-19-29(17-15-23(25)7-1)27-11-5-13-31(21-27)33-32-14-6-12-28(22-32)30-18-16-24-8-2-4-10-26(24)20-30;1-3-11-19(12-4-1)21-15-7-9-17-23(21)25-24-18-10-8-16-22(24)20-13-5-2-6-14-20/h1-28,41H;1-22,33H;1-18,25H. The van der Waals surface area contributed by atoms with Crippen molar-refractivity contribution in [1.82, 2.24) is 0 Å². The van der Waals surface area contributed by atoms with Crippen molar-refractivity contribution in [3.8, 4) is 89.0 Å². The first-order valence-corrected chi connectivity index (χ1v) is 33.8. The molecule has 3 nitrogen and oxygen atoms in total. The van der Waals surface area contributed by atoms with E-state index in [-0.39, 0.29) is 0 Å². The van der Waals surface area contributed by atoms with E-state index in [2.05, 4.69) is 416 Å². The maximum absolute atomic E-state index is 3.64. The molecule has 0 spiro atoms. The van der Waals surface area contributed by atoms with Crippen molar-refractivity contribution in [3.63, 3.8) is 0 Å². The molecule has 0 aliphatic rings. The van der Waals surface area contributed by atoms with Crippen LogP contribution >= 0.6 is 0 Å². The lowest BCUT2D eigenvalue weighted by atomic mass is 9.93. The fourth-order valence-corrected chi connectivity index (χ4v) is 12.9. The molecular formula is C96H71N3. The Morgan fingerprint density at radius 3 is 0.768 bits per heavy atom. The smallest absolute Gasteiger partial charge is 0.0464 e. The SMILES string of the molecule is c1cc(Nc2cccc(-c3ccc4ccccc4c3)c2)cc(-c2ccc3ccccc3c2)c1.c1ccc(-c2cc(-c3ccccc3)cc(-c3ccc(Nc4ccc(-c5ccc6ccccc6c5)cc4)cc3)c2)cc1.c1ccc(-c2ccccc2Nc2ccccc2-c2ccccc2)cc1. The summed E-state index contributed by atoms with van der Waals surface area (Å²) in [6.07, 6.45) is 0. The van der Waals surface area contributed by atoms with Crippen LogP contribution in [0.25, 0.3) is 121 Å². The van der Waals surface area contributed by atoms with E-state index in [1.807, 2.05) is 12.1 Å². The van der Waals surface area contributed by atoms with Gasteiger partial charge in [0.2, 0.25) is 0 Å². The number of hydrogen-bond donors (Lipinski definition) is 3. The Balaban J connectivity index is 0.000000125. The molecule has 17 aromatic carbocycles. The van der Waals surface area contributed by atoms with Gasteiger partial charge in [0.25, 0.3) is 0 Å². The van der Waals surface area contributed by atoms with E-state index in [1.165, 1.54) is 121 Å². The minimum Gasteiger partial charge on any atom is -0.356 e. The zero-order chi connectivity index (χ0) is 66.4. The van der Waals surface area contributed by atoms with Gasteiger partial charge in [0.15, 0.2) is 0 Å². The van der Waals surface area contributed by atoms with Crippen molar-refractivity contribution in [2.45, 2.75) is 0 Å². The summed E-state index contributed by atoms with van der Waals surface area (Å²) >= 11 is 0. The monoisotopic (exact) mass is 1270 g/mol. The third-order valence-corrected chi connectivity index (χ3v) is 18.1. The molecule has 0 saturated carbocycles. The van der Waals surface area contributed by atoms with Gasteiger partial charge >= 0.3 is 0 Å². The average Bonchev–Trinajstić information content (AvgIpc) is 0.856. The molecule has 0 heterocycles. The van der Waals surface area contributed by atoms with Crippen LogP contribution in [-0.2, 0) is 0 Å². The minimum absolute atomic E-state index is 1.06. The van der Waals surface area contributed by atoms with Crippen LogP contribution in [0.4, 0.5) is 34.1 Å². The van der Waals surface area contributed by atoms with Crippen LogP contribution in [0.3, 0.4) is 0 Å². The predicted octanol–water partition coefficient (Wildman–Crippen LogP) is 27.1. The van der Waals surface area contributed by atoms with Crippen LogP contribution in [0.5, 0.6) is 0 Å². The summed E-state index contributed by atoms with van der Waals surface area (Å²) in [5.74, 6) is 0. The van der Waals surface area contributed by atoms with Crippen LogP contribution in [0.1, 0.15) is 0 Å². The summed E-state index contributed by atoms with van der Waals surface area (Å²) < 4.78 is 0. The molecule has 0 unspecified atom stereocenters. The number of fused-ring (bicyclic) bond motifs is 3. The lowest BCUT2D eigenvalue weighted by Gasteiger charge is -2.15. The van der Waals surface area contributed by atoms with Crippen molar-refractivity contribution in [2.24, 2.45) is 0 Å². The molecule has 17 aromatic rings. The van der Waals surface area contributed by atoms with Gasteiger partial charge in [-0.2, -0.15) is 0 Å². The van der Waals surface area contributed by atoms with Crippen LogP contribution in [-0.4, -0.2) is 0 Å². The molecule has 0 fully saturated rings. The van der Waals surface area contributed by atoms with E-state index in [0.717, 1.165) is 34.1 Å². The summed E-state index contributed by atoms with van der Waals surface area (Å²) in [7, 11) is 0. The fourth-order valence-electron chi connectivity index (χ4n) is 12.9. The number of benzene rings is 17. The lowest BCUT2D eigenvalue weighted by Crippen LogP contribution is -1.95. The summed E-state index contributed by atoms with van der Waals surface area (Å²) in [5, 5.41) is 18.4. The van der Waals surface area contributed by atoms with Gasteiger partial charge in [-0.05, 0) is 207 Å². The first kappa shape index (κ1) is 62.1. The van der Waals surface area contributed by atoms with E-state index in [9.17, 15) is 0 Å². The molecule has 17 rings (SSSR count). The number of anilines is 6. The highest BCUT2D eigenvalue weighted by molar-refractivity contribution is 5.92. The number of para-hydroxylation sites is 2. The minimum atomic E-state index is 1.06. The molecule has 99 heavy (non-hydrogen) atoms. The molecule has 0 saturated heterocycles. The second-order valence-corrected chi connectivity index (χ2v) is 24.7. The molecule has 0 aliphatic heterocycles. The van der Waals surface area contributed by atoms with E-state index in [4.69, 9.17) is 0 Å². The molecular weight excluding hydrogens is 1200 g/mol. The summed E-state index contributed by atoms with van der Waals surface area (Å²) in [6, 6.07) is 146. The van der Waals surface area contributed by atoms with Gasteiger partial charge in [0, 0.05) is 45.3 Å². The summed E-state index contributed by atoms with van der Waals surface area (Å²) in [5.41, 5.74) is 25.9. The molecule has 0 aromatic heterocycles. The third-order valence-electron chi connectivity index (χ3n) is 18.1. The maximum atomic E-state index is 3.64. The van der Waals surface area contributed by atoms with Crippen LogP contribution in [0, 0.1) is 0 Å². The van der Waals surface area contributed by atoms with Gasteiger partial charge < -0.3 is 16.0 Å². The lowest BCUT2D eigenvalue weighted by molar-refractivity contribution is 1.52. The van der Waals surface area contributed by atoms with E-state index >= 15 is 0 Å². The molecule has 0 amide bonds. The van der Waals surface area contributed by atoms with Gasteiger partial charge in [-0.3, -0.25) is 0 Å². The van der Waals surface area contributed by atoms with Gasteiger partial charge in [0.05, 0.1) is 0 Å². The van der Waals surface area contributed by atoms with Gasteiger partial charge in [-0.15, -0.1) is 0 Å². The maximum Gasteiger partial charge on any atom is 0.0464 e. The highest BCUT2D eigenvalue weighted by atomic mass is 14.9. The average molecular weight is 1270 g/mol. The Morgan fingerprint density at radius 2 is 0.384 bits per heavy atom. The van der Waals surface area contributed by atoms with Crippen molar-refractivity contribution >= 4 is 66.4 Å². The molecule has 0 aliphatic carbocycles. The van der Waals surface area contributed by atoms with Crippen LogP contribution in [0.2, 0.25) is 0 Å². The van der Waals surface area contributed by atoms with Gasteiger partial charge in [0.1, 0.15) is 0 Å². The van der Waals surface area contributed by atoms with Crippen molar-refractivity contribution in [2.75, 3.05) is 16.0 Å². The Bertz CT molecular complexity index is 5300. The van der Waals surface area contributed by atoms with Gasteiger partial charge in [-0.25, -0.2) is 0 Å². The molecule has 3 N–H and O–H groups in total. The Kier molecular flexibility index (Phi) is 18.6. The normalized spacial score (nSPS) is 10.8. The molecule has 0 bridgehead atoms. The zero-order valence-electron chi connectivity index (χ0n) is 54.8. The van der Waals surface area contributed by atoms with Crippen molar-refractivity contribution in [3.05, 3.63) is 413 Å². The summed E-state index contributed by atoms with van der Waals surface area (Å²) in [4.78, 5) is 0. The summed E-state index contributed by atoms with van der Waals surface area (Å²) in [6.45, 7) is 0. The Morgan fingerprint density at radius 1 is 0.121 bits per heavy atom. The first-order valence-electron chi connectivity index (χ1n) is 33.8. The van der Waals surface area contributed by atoms with Crippen molar-refractivity contribution < 1.29 is 0 Å². The quantitative estimate of drug-likeness (QED) is 0.102. The van der Waals surface area contributed by atoms with Crippen molar-refractivity contribution in [1.29, 1.82) is 0 Å².